The van der Waals surface area contributed by atoms with Gasteiger partial charge in [-0.25, -0.2) is 18.2 Å². The standard InChI is InChI=1S/C26H30N4O4S/c1-26(2,3)19-7-10-21(11-8-19)35(33,34)28-20-9-12-23(22(18-20)25(31)32)29-14-16-30(17-15-29)24-6-4-5-13-27-24/h4-13,18,28H,14-17H2,1-3H3,(H,31,32). The molecule has 0 amide bonds. The number of benzene rings is 2. The molecule has 2 N–H and O–H groups in total. The van der Waals surface area contributed by atoms with Crippen molar-refractivity contribution in [2.75, 3.05) is 40.7 Å². The zero-order valence-electron chi connectivity index (χ0n) is 20.1. The van der Waals surface area contributed by atoms with Crippen LogP contribution in [-0.4, -0.2) is 50.7 Å². The predicted molar refractivity (Wildman–Crippen MR) is 138 cm³/mol. The fourth-order valence-corrected chi connectivity index (χ4v) is 5.16. The third kappa shape index (κ3) is 5.57. The number of sulfonamides is 1. The molecule has 1 fully saturated rings. The number of hydrogen-bond acceptors (Lipinski definition) is 6. The van der Waals surface area contributed by atoms with Crippen LogP contribution >= 0.6 is 0 Å². The highest BCUT2D eigenvalue weighted by atomic mass is 32.2. The molecule has 1 aromatic heterocycles. The number of hydrogen-bond donors (Lipinski definition) is 2. The first-order valence-corrected chi connectivity index (χ1v) is 12.9. The van der Waals surface area contributed by atoms with E-state index in [1.165, 1.54) is 6.07 Å². The molecule has 0 unspecified atom stereocenters. The Morgan fingerprint density at radius 3 is 2.17 bits per heavy atom. The van der Waals surface area contributed by atoms with Gasteiger partial charge in [-0.15, -0.1) is 0 Å². The van der Waals surface area contributed by atoms with Gasteiger partial charge in [0, 0.05) is 38.1 Å². The van der Waals surface area contributed by atoms with Crippen LogP contribution in [0.25, 0.3) is 0 Å². The van der Waals surface area contributed by atoms with Crippen molar-refractivity contribution in [2.45, 2.75) is 31.1 Å². The maximum Gasteiger partial charge on any atom is 0.337 e. The molecule has 35 heavy (non-hydrogen) atoms. The SMILES string of the molecule is CC(C)(C)c1ccc(S(=O)(=O)Nc2ccc(N3CCN(c4ccccn4)CC3)c(C(=O)O)c2)cc1. The normalized spacial score (nSPS) is 14.6. The lowest BCUT2D eigenvalue weighted by molar-refractivity contribution is 0.0697. The molecule has 0 saturated carbocycles. The molecule has 8 nitrogen and oxygen atoms in total. The number of carbonyl (C=O) groups is 1. The van der Waals surface area contributed by atoms with E-state index in [9.17, 15) is 18.3 Å². The van der Waals surface area contributed by atoms with Gasteiger partial charge < -0.3 is 14.9 Å². The first-order chi connectivity index (χ1) is 16.5. The zero-order chi connectivity index (χ0) is 25.2. The predicted octanol–water partition coefficient (Wildman–Crippen LogP) is 4.20. The number of aromatic nitrogens is 1. The van der Waals surface area contributed by atoms with E-state index < -0.39 is 16.0 Å². The Hall–Kier alpha value is -3.59. The first-order valence-electron chi connectivity index (χ1n) is 11.5. The van der Waals surface area contributed by atoms with Gasteiger partial charge in [-0.1, -0.05) is 39.0 Å². The minimum Gasteiger partial charge on any atom is -0.478 e. The summed E-state index contributed by atoms with van der Waals surface area (Å²) in [5.41, 5.74) is 1.76. The van der Waals surface area contributed by atoms with Gasteiger partial charge in [-0.3, -0.25) is 4.72 Å². The smallest absolute Gasteiger partial charge is 0.337 e. The number of piperazine rings is 1. The van der Waals surface area contributed by atoms with Gasteiger partial charge in [0.25, 0.3) is 10.0 Å². The summed E-state index contributed by atoms with van der Waals surface area (Å²) in [7, 11) is -3.86. The summed E-state index contributed by atoms with van der Waals surface area (Å²) in [5.74, 6) is -0.214. The van der Waals surface area contributed by atoms with E-state index in [1.54, 1.807) is 42.6 Å². The van der Waals surface area contributed by atoms with Gasteiger partial charge in [0.2, 0.25) is 0 Å². The molecular weight excluding hydrogens is 464 g/mol. The van der Waals surface area contributed by atoms with Crippen LogP contribution in [0.4, 0.5) is 17.2 Å². The quantitative estimate of drug-likeness (QED) is 0.529. The van der Waals surface area contributed by atoms with E-state index in [-0.39, 0.29) is 21.6 Å². The van der Waals surface area contributed by atoms with Gasteiger partial charge >= 0.3 is 5.97 Å². The molecule has 0 aliphatic carbocycles. The summed E-state index contributed by atoms with van der Waals surface area (Å²) in [6.07, 6.45) is 1.75. The van der Waals surface area contributed by atoms with Crippen molar-refractivity contribution in [1.29, 1.82) is 0 Å². The molecule has 4 rings (SSSR count). The first kappa shape index (κ1) is 24.5. The molecule has 0 spiro atoms. The van der Waals surface area contributed by atoms with Crippen LogP contribution in [0.3, 0.4) is 0 Å². The highest BCUT2D eigenvalue weighted by Gasteiger charge is 2.24. The van der Waals surface area contributed by atoms with Gasteiger partial charge in [-0.05, 0) is 53.4 Å². The van der Waals surface area contributed by atoms with E-state index in [0.29, 0.717) is 31.9 Å². The maximum atomic E-state index is 12.9. The largest absolute Gasteiger partial charge is 0.478 e. The Morgan fingerprint density at radius 2 is 1.60 bits per heavy atom. The van der Waals surface area contributed by atoms with E-state index >= 15 is 0 Å². The molecular formula is C26H30N4O4S. The van der Waals surface area contributed by atoms with Crippen LogP contribution in [0.15, 0.2) is 71.8 Å². The van der Waals surface area contributed by atoms with Gasteiger partial charge in [-0.2, -0.15) is 0 Å². The number of nitrogens with one attached hydrogen (secondary N) is 1. The summed E-state index contributed by atoms with van der Waals surface area (Å²) in [4.78, 5) is 20.7. The molecule has 0 radical (unpaired) electrons. The molecule has 184 valence electrons. The van der Waals surface area contributed by atoms with Crippen LogP contribution in [0, 0.1) is 0 Å². The van der Waals surface area contributed by atoms with Crippen molar-refractivity contribution in [3.63, 3.8) is 0 Å². The average Bonchev–Trinajstić information content (AvgIpc) is 2.84. The number of aromatic carboxylic acids is 1. The maximum absolute atomic E-state index is 12.9. The van der Waals surface area contributed by atoms with E-state index in [0.717, 1.165) is 11.4 Å². The highest BCUT2D eigenvalue weighted by Crippen LogP contribution is 2.28. The van der Waals surface area contributed by atoms with Crippen molar-refractivity contribution in [2.24, 2.45) is 0 Å². The molecule has 1 aliphatic rings. The van der Waals surface area contributed by atoms with Crippen LogP contribution in [-0.2, 0) is 15.4 Å². The summed E-state index contributed by atoms with van der Waals surface area (Å²) in [5, 5.41) is 9.85. The lowest BCUT2D eigenvalue weighted by atomic mass is 9.87. The van der Waals surface area contributed by atoms with Crippen LogP contribution in [0.5, 0.6) is 0 Å². The zero-order valence-corrected chi connectivity index (χ0v) is 20.9. The van der Waals surface area contributed by atoms with Crippen LogP contribution in [0.1, 0.15) is 36.7 Å². The molecule has 0 bridgehead atoms. The Labute approximate surface area is 206 Å². The van der Waals surface area contributed by atoms with E-state index in [4.69, 9.17) is 0 Å². The molecule has 1 saturated heterocycles. The summed E-state index contributed by atoms with van der Waals surface area (Å²) in [6, 6.07) is 17.1. The Balaban J connectivity index is 1.51. The Morgan fingerprint density at radius 1 is 0.943 bits per heavy atom. The molecule has 2 heterocycles. The highest BCUT2D eigenvalue weighted by molar-refractivity contribution is 7.92. The number of pyridine rings is 1. The number of carboxylic acids is 1. The third-order valence-corrected chi connectivity index (χ3v) is 7.50. The number of rotatable bonds is 6. The molecule has 9 heteroatoms. The number of carboxylic acid groups (broad SMARTS) is 1. The van der Waals surface area contributed by atoms with Gasteiger partial charge in [0.15, 0.2) is 0 Å². The number of anilines is 3. The van der Waals surface area contributed by atoms with Crippen LogP contribution < -0.4 is 14.5 Å². The lowest BCUT2D eigenvalue weighted by Crippen LogP contribution is -2.47. The minimum absolute atomic E-state index is 0.0552. The summed E-state index contributed by atoms with van der Waals surface area (Å²) >= 11 is 0. The second-order valence-electron chi connectivity index (χ2n) is 9.58. The second kappa shape index (κ2) is 9.58. The van der Waals surface area contributed by atoms with E-state index in [1.807, 2.05) is 23.1 Å². The van der Waals surface area contributed by atoms with E-state index in [2.05, 4.69) is 35.4 Å². The Bertz CT molecular complexity index is 1300. The topological polar surface area (TPSA) is 103 Å². The summed E-state index contributed by atoms with van der Waals surface area (Å²) < 4.78 is 28.4. The van der Waals surface area contributed by atoms with Crippen LogP contribution in [0.2, 0.25) is 0 Å². The lowest BCUT2D eigenvalue weighted by Gasteiger charge is -2.37. The van der Waals surface area contributed by atoms with Gasteiger partial charge in [0.1, 0.15) is 5.82 Å². The number of nitrogens with zero attached hydrogens (tertiary/aromatic N) is 3. The Kier molecular flexibility index (Phi) is 6.71. The van der Waals surface area contributed by atoms with Crippen molar-refractivity contribution in [3.8, 4) is 0 Å². The average molecular weight is 495 g/mol. The van der Waals surface area contributed by atoms with Crippen molar-refractivity contribution in [1.82, 2.24) is 4.98 Å². The monoisotopic (exact) mass is 494 g/mol. The van der Waals surface area contributed by atoms with Gasteiger partial charge in [0.05, 0.1) is 16.1 Å². The minimum atomic E-state index is -3.86. The van der Waals surface area contributed by atoms with Crippen molar-refractivity contribution in [3.05, 3.63) is 78.0 Å². The van der Waals surface area contributed by atoms with Crippen molar-refractivity contribution >= 4 is 33.2 Å². The molecule has 3 aromatic rings. The fraction of sp³-hybridized carbons (Fsp3) is 0.308. The molecule has 1 aliphatic heterocycles. The molecule has 2 aromatic carbocycles. The second-order valence-corrected chi connectivity index (χ2v) is 11.3. The summed E-state index contributed by atoms with van der Waals surface area (Å²) in [6.45, 7) is 8.83. The van der Waals surface area contributed by atoms with Crippen molar-refractivity contribution < 1.29 is 18.3 Å². The molecule has 0 atom stereocenters. The fourth-order valence-electron chi connectivity index (χ4n) is 4.11. The third-order valence-electron chi connectivity index (χ3n) is 6.10.